The van der Waals surface area contributed by atoms with Gasteiger partial charge in [-0.3, -0.25) is 9.59 Å². The van der Waals surface area contributed by atoms with Crippen molar-refractivity contribution in [1.29, 1.82) is 0 Å². The van der Waals surface area contributed by atoms with Gasteiger partial charge in [0.1, 0.15) is 11.5 Å². The van der Waals surface area contributed by atoms with Crippen molar-refractivity contribution in [2.24, 2.45) is 5.73 Å². The number of hydrogen-bond acceptors (Lipinski definition) is 5. The average molecular weight is 397 g/mol. The minimum Gasteiger partial charge on any atom is -0.335 e. The Morgan fingerprint density at radius 2 is 1.85 bits per heavy atom. The van der Waals surface area contributed by atoms with E-state index >= 15 is 0 Å². The summed E-state index contributed by atoms with van der Waals surface area (Å²) in [6, 6.07) is 3.71. The summed E-state index contributed by atoms with van der Waals surface area (Å²) >= 11 is 7.39. The molecule has 2 heterocycles. The van der Waals surface area contributed by atoms with Gasteiger partial charge < -0.3 is 15.5 Å². The zero-order chi connectivity index (χ0) is 18.7. The molecule has 26 heavy (non-hydrogen) atoms. The third kappa shape index (κ3) is 4.03. The van der Waals surface area contributed by atoms with Crippen molar-refractivity contribution >= 4 is 34.8 Å². The first kappa shape index (κ1) is 18.8. The number of hydrogen-bond donors (Lipinski definition) is 1. The fourth-order valence-corrected chi connectivity index (χ4v) is 3.79. The fraction of sp³-hybridized carbons (Fsp3) is 0.353. The van der Waals surface area contributed by atoms with Gasteiger partial charge in [-0.2, -0.15) is 0 Å². The molecule has 0 spiro atoms. The summed E-state index contributed by atoms with van der Waals surface area (Å²) in [7, 11) is 0. The molecule has 0 aliphatic carbocycles. The van der Waals surface area contributed by atoms with E-state index in [1.54, 1.807) is 15.2 Å². The van der Waals surface area contributed by atoms with Crippen LogP contribution in [0.2, 0.25) is 5.02 Å². The molecule has 2 amide bonds. The van der Waals surface area contributed by atoms with Crippen molar-refractivity contribution in [3.05, 3.63) is 50.7 Å². The van der Waals surface area contributed by atoms with Crippen molar-refractivity contribution in [2.45, 2.75) is 6.42 Å². The number of nitrogens with two attached hydrogens (primary N) is 1. The summed E-state index contributed by atoms with van der Waals surface area (Å²) in [5, 5.41) is 2.67. The maximum absolute atomic E-state index is 13.1. The summed E-state index contributed by atoms with van der Waals surface area (Å²) in [6.07, 6.45) is 0.651. The molecule has 138 valence electrons. The van der Waals surface area contributed by atoms with Crippen molar-refractivity contribution in [1.82, 2.24) is 14.8 Å². The lowest BCUT2D eigenvalue weighted by Crippen LogP contribution is -2.50. The van der Waals surface area contributed by atoms with E-state index in [1.165, 1.54) is 23.5 Å². The van der Waals surface area contributed by atoms with Crippen molar-refractivity contribution < 1.29 is 14.0 Å². The third-order valence-corrected chi connectivity index (χ3v) is 5.37. The number of aromatic nitrogens is 1. The van der Waals surface area contributed by atoms with Gasteiger partial charge in [0, 0.05) is 38.0 Å². The molecule has 9 heteroatoms. The van der Waals surface area contributed by atoms with E-state index in [2.05, 4.69) is 4.98 Å². The highest BCUT2D eigenvalue weighted by Gasteiger charge is 2.27. The number of carbonyl (C=O) groups excluding carboxylic acids is 2. The van der Waals surface area contributed by atoms with Gasteiger partial charge in [-0.1, -0.05) is 11.6 Å². The molecule has 1 aliphatic heterocycles. The van der Waals surface area contributed by atoms with E-state index < -0.39 is 5.82 Å². The predicted octanol–water partition coefficient (Wildman–Crippen LogP) is 2.04. The first-order valence-corrected chi connectivity index (χ1v) is 9.43. The lowest BCUT2D eigenvalue weighted by atomic mass is 10.1. The molecular formula is C17H18ClFN4O2S. The number of carbonyl (C=O) groups is 2. The lowest BCUT2D eigenvalue weighted by Gasteiger charge is -2.34. The average Bonchev–Trinajstić information content (AvgIpc) is 3.10. The molecule has 0 atom stereocenters. The van der Waals surface area contributed by atoms with Crippen LogP contribution in [0.25, 0.3) is 0 Å². The van der Waals surface area contributed by atoms with Gasteiger partial charge in [0.2, 0.25) is 0 Å². The van der Waals surface area contributed by atoms with Crippen molar-refractivity contribution in [3.8, 4) is 0 Å². The summed E-state index contributed by atoms with van der Waals surface area (Å²) in [6.45, 7) is 2.09. The molecule has 0 unspecified atom stereocenters. The molecule has 1 saturated heterocycles. The number of thiazole rings is 1. The quantitative estimate of drug-likeness (QED) is 0.857. The molecule has 1 aliphatic rings. The second-order valence-corrected chi connectivity index (χ2v) is 7.22. The van der Waals surface area contributed by atoms with Crippen molar-refractivity contribution in [3.63, 3.8) is 0 Å². The highest BCUT2D eigenvalue weighted by molar-refractivity contribution is 7.09. The van der Waals surface area contributed by atoms with Crippen LogP contribution in [-0.4, -0.2) is 59.3 Å². The second-order valence-electron chi connectivity index (χ2n) is 5.87. The Hall–Kier alpha value is -2.03. The highest BCUT2D eigenvalue weighted by Crippen LogP contribution is 2.20. The zero-order valence-electron chi connectivity index (χ0n) is 14.0. The lowest BCUT2D eigenvalue weighted by molar-refractivity contribution is 0.0532. The SMILES string of the molecule is NCCc1nc(C(=O)N2CCN(C(=O)c3ccc(F)cc3Cl)CC2)cs1. The Morgan fingerprint density at radius 1 is 1.19 bits per heavy atom. The zero-order valence-corrected chi connectivity index (χ0v) is 15.5. The maximum atomic E-state index is 13.1. The Morgan fingerprint density at radius 3 is 2.46 bits per heavy atom. The monoisotopic (exact) mass is 396 g/mol. The minimum atomic E-state index is -0.487. The van der Waals surface area contributed by atoms with Crippen LogP contribution in [-0.2, 0) is 6.42 Å². The van der Waals surface area contributed by atoms with Crippen LogP contribution in [0.15, 0.2) is 23.6 Å². The van der Waals surface area contributed by atoms with E-state index in [-0.39, 0.29) is 22.4 Å². The van der Waals surface area contributed by atoms with Gasteiger partial charge >= 0.3 is 0 Å². The number of nitrogens with zero attached hydrogens (tertiary/aromatic N) is 3. The van der Waals surface area contributed by atoms with Crippen LogP contribution in [0, 0.1) is 5.82 Å². The molecule has 1 aromatic heterocycles. The molecule has 0 bridgehead atoms. The second kappa shape index (κ2) is 8.11. The molecular weight excluding hydrogens is 379 g/mol. The van der Waals surface area contributed by atoms with Crippen LogP contribution >= 0.6 is 22.9 Å². The molecule has 6 nitrogen and oxygen atoms in total. The number of piperazine rings is 1. The highest BCUT2D eigenvalue weighted by atomic mass is 35.5. The summed E-state index contributed by atoms with van der Waals surface area (Å²) < 4.78 is 13.1. The van der Waals surface area contributed by atoms with Crippen LogP contribution in [0.5, 0.6) is 0 Å². The van der Waals surface area contributed by atoms with Crippen LogP contribution in [0.3, 0.4) is 0 Å². The molecule has 2 N–H and O–H groups in total. The molecule has 3 rings (SSSR count). The normalized spacial score (nSPS) is 14.6. The standard InChI is InChI=1S/C17H18ClFN4O2S/c18-13-9-11(19)1-2-12(13)16(24)22-5-7-23(8-6-22)17(25)14-10-26-15(21-14)3-4-20/h1-2,9-10H,3-8,20H2. The van der Waals surface area contributed by atoms with E-state index in [1.807, 2.05) is 0 Å². The molecule has 1 fully saturated rings. The van der Waals surface area contributed by atoms with E-state index in [4.69, 9.17) is 17.3 Å². The summed E-state index contributed by atoms with van der Waals surface area (Å²) in [4.78, 5) is 32.7. The fourth-order valence-electron chi connectivity index (χ4n) is 2.76. The van der Waals surface area contributed by atoms with Gasteiger partial charge in [-0.05, 0) is 24.7 Å². The smallest absolute Gasteiger partial charge is 0.273 e. The Labute approximate surface area is 159 Å². The maximum Gasteiger partial charge on any atom is 0.273 e. The van der Waals surface area contributed by atoms with Crippen LogP contribution in [0.4, 0.5) is 4.39 Å². The Balaban J connectivity index is 1.61. The molecule has 2 aromatic rings. The largest absolute Gasteiger partial charge is 0.335 e. The Kier molecular flexibility index (Phi) is 5.85. The third-order valence-electron chi connectivity index (χ3n) is 4.14. The van der Waals surface area contributed by atoms with Crippen LogP contribution in [0.1, 0.15) is 25.9 Å². The number of rotatable bonds is 4. The van der Waals surface area contributed by atoms with Gasteiger partial charge in [0.15, 0.2) is 0 Å². The molecule has 0 radical (unpaired) electrons. The van der Waals surface area contributed by atoms with Gasteiger partial charge in [-0.15, -0.1) is 11.3 Å². The minimum absolute atomic E-state index is 0.0865. The predicted molar refractivity (Wildman–Crippen MR) is 98.1 cm³/mol. The van der Waals surface area contributed by atoms with E-state index in [0.717, 1.165) is 11.1 Å². The first-order valence-electron chi connectivity index (χ1n) is 8.17. The van der Waals surface area contributed by atoms with Gasteiger partial charge in [-0.25, -0.2) is 9.37 Å². The van der Waals surface area contributed by atoms with E-state index in [9.17, 15) is 14.0 Å². The molecule has 0 saturated carbocycles. The van der Waals surface area contributed by atoms with Gasteiger partial charge in [0.05, 0.1) is 15.6 Å². The number of amides is 2. The topological polar surface area (TPSA) is 79.5 Å². The summed E-state index contributed by atoms with van der Waals surface area (Å²) in [5.41, 5.74) is 6.18. The van der Waals surface area contributed by atoms with Crippen LogP contribution < -0.4 is 5.73 Å². The van der Waals surface area contributed by atoms with E-state index in [0.29, 0.717) is 44.8 Å². The van der Waals surface area contributed by atoms with Crippen molar-refractivity contribution in [2.75, 3.05) is 32.7 Å². The Bertz CT molecular complexity index is 821. The summed E-state index contributed by atoms with van der Waals surface area (Å²) in [5.74, 6) is -0.892. The number of halogens is 2. The molecule has 1 aromatic carbocycles. The number of benzene rings is 1. The van der Waals surface area contributed by atoms with Gasteiger partial charge in [0.25, 0.3) is 11.8 Å². The first-order chi connectivity index (χ1) is 12.5.